The molecule has 0 saturated heterocycles. The molecule has 0 radical (unpaired) electrons. The van der Waals surface area contributed by atoms with Gasteiger partial charge in [-0.2, -0.15) is 0 Å². The van der Waals surface area contributed by atoms with E-state index in [1.807, 2.05) is 6.08 Å². The van der Waals surface area contributed by atoms with Crippen molar-refractivity contribution in [2.75, 3.05) is 0 Å². The Bertz CT molecular complexity index is 767. The number of hydrogen-bond acceptors (Lipinski definition) is 4. The van der Waals surface area contributed by atoms with E-state index in [-0.39, 0.29) is 28.4 Å². The quantitative estimate of drug-likeness (QED) is 0.648. The van der Waals surface area contributed by atoms with Crippen LogP contribution in [0.3, 0.4) is 0 Å². The summed E-state index contributed by atoms with van der Waals surface area (Å²) in [7, 11) is 0. The standard InChI is InChI=1S/C24H34O4/c1-14-12-18-19(22(4)9-6-17(27)13-21(14)22)7-10-23(5)20(18)8-11-24(23,15(2)25)28-16(3)26/h13-14,18-20H,6-12H2,1-5H3/t14-,18-,19+,20+,22-,23+,24-/m1/s1. The number of hydrogen-bond donors (Lipinski definition) is 0. The third-order valence-corrected chi connectivity index (χ3v) is 9.29. The largest absolute Gasteiger partial charge is 0.451 e. The lowest BCUT2D eigenvalue weighted by molar-refractivity contribution is -0.187. The molecule has 4 nitrogen and oxygen atoms in total. The molecule has 0 spiro atoms. The van der Waals surface area contributed by atoms with Crippen LogP contribution in [0.1, 0.15) is 79.6 Å². The van der Waals surface area contributed by atoms with Gasteiger partial charge in [0.2, 0.25) is 0 Å². The zero-order chi connectivity index (χ0) is 20.5. The molecule has 0 aliphatic heterocycles. The average molecular weight is 387 g/mol. The molecular weight excluding hydrogens is 352 g/mol. The van der Waals surface area contributed by atoms with Gasteiger partial charge in [0.05, 0.1) is 0 Å². The van der Waals surface area contributed by atoms with Crippen molar-refractivity contribution in [3.63, 3.8) is 0 Å². The lowest BCUT2D eigenvalue weighted by Crippen LogP contribution is -2.59. The lowest BCUT2D eigenvalue weighted by Gasteiger charge is -2.60. The molecule has 3 saturated carbocycles. The maximum Gasteiger partial charge on any atom is 0.303 e. The SMILES string of the molecule is CC(=O)O[C@@]1(C(C)=O)CC[C@H]2[C@@H]3C[C@@H](C)C4=CC(=O)CC[C@]4(C)[C@H]3CC[C@@]21C. The number of esters is 1. The molecule has 0 amide bonds. The number of allylic oxidation sites excluding steroid dienone is 1. The van der Waals surface area contributed by atoms with Crippen LogP contribution in [0.4, 0.5) is 0 Å². The van der Waals surface area contributed by atoms with Crippen molar-refractivity contribution in [1.82, 2.24) is 0 Å². The number of fused-ring (bicyclic) bond motifs is 5. The van der Waals surface area contributed by atoms with Crippen LogP contribution in [-0.2, 0) is 19.1 Å². The Morgan fingerprint density at radius 2 is 1.75 bits per heavy atom. The monoisotopic (exact) mass is 386 g/mol. The predicted molar refractivity (Wildman–Crippen MR) is 106 cm³/mol. The van der Waals surface area contributed by atoms with E-state index >= 15 is 0 Å². The Morgan fingerprint density at radius 3 is 2.39 bits per heavy atom. The number of carbonyl (C=O) groups excluding carboxylic acids is 3. The van der Waals surface area contributed by atoms with Gasteiger partial charge in [0, 0.05) is 18.8 Å². The summed E-state index contributed by atoms with van der Waals surface area (Å²) in [5.41, 5.74) is 0.218. The molecule has 4 aliphatic rings. The van der Waals surface area contributed by atoms with Crippen LogP contribution in [0.15, 0.2) is 11.6 Å². The Balaban J connectivity index is 1.73. The van der Waals surface area contributed by atoms with Crippen molar-refractivity contribution in [3.05, 3.63) is 11.6 Å². The highest BCUT2D eigenvalue weighted by Crippen LogP contribution is 2.69. The van der Waals surface area contributed by atoms with Crippen molar-refractivity contribution in [2.45, 2.75) is 85.2 Å². The molecule has 0 bridgehead atoms. The fourth-order valence-electron chi connectivity index (χ4n) is 8.05. The van der Waals surface area contributed by atoms with E-state index in [2.05, 4.69) is 20.8 Å². The minimum absolute atomic E-state index is 0.00469. The minimum Gasteiger partial charge on any atom is -0.451 e. The number of carbonyl (C=O) groups is 3. The van der Waals surface area contributed by atoms with Crippen molar-refractivity contribution >= 4 is 17.5 Å². The summed E-state index contributed by atoms with van der Waals surface area (Å²) in [4.78, 5) is 36.8. The highest BCUT2D eigenvalue weighted by molar-refractivity contribution is 5.92. The minimum atomic E-state index is -0.961. The first-order chi connectivity index (χ1) is 13.0. The molecule has 4 heteroatoms. The molecule has 7 atom stereocenters. The molecule has 4 aliphatic carbocycles. The van der Waals surface area contributed by atoms with Gasteiger partial charge >= 0.3 is 5.97 Å². The van der Waals surface area contributed by atoms with E-state index in [4.69, 9.17) is 4.74 Å². The molecule has 0 heterocycles. The fourth-order valence-corrected chi connectivity index (χ4v) is 8.05. The van der Waals surface area contributed by atoms with Gasteiger partial charge in [0.1, 0.15) is 0 Å². The normalized spacial score (nSPS) is 47.5. The van der Waals surface area contributed by atoms with Crippen molar-refractivity contribution in [3.8, 4) is 0 Å². The molecule has 4 rings (SSSR count). The highest BCUT2D eigenvalue weighted by atomic mass is 16.6. The molecule has 154 valence electrons. The van der Waals surface area contributed by atoms with E-state index in [1.54, 1.807) is 6.92 Å². The van der Waals surface area contributed by atoms with Crippen LogP contribution in [-0.4, -0.2) is 23.1 Å². The van der Waals surface area contributed by atoms with Crippen LogP contribution in [0.5, 0.6) is 0 Å². The molecule has 0 unspecified atom stereocenters. The van der Waals surface area contributed by atoms with E-state index < -0.39 is 5.60 Å². The summed E-state index contributed by atoms with van der Waals surface area (Å²) in [6.45, 7) is 9.87. The summed E-state index contributed by atoms with van der Waals surface area (Å²) in [5, 5.41) is 0. The molecule has 3 fully saturated rings. The van der Waals surface area contributed by atoms with Gasteiger partial charge in [-0.3, -0.25) is 14.4 Å². The maximum atomic E-state index is 12.8. The van der Waals surface area contributed by atoms with E-state index in [9.17, 15) is 14.4 Å². The molecular formula is C24H34O4. The van der Waals surface area contributed by atoms with Gasteiger partial charge < -0.3 is 4.74 Å². The van der Waals surface area contributed by atoms with Gasteiger partial charge in [-0.1, -0.05) is 26.3 Å². The summed E-state index contributed by atoms with van der Waals surface area (Å²) >= 11 is 0. The molecule has 28 heavy (non-hydrogen) atoms. The zero-order valence-electron chi connectivity index (χ0n) is 18.0. The molecule has 0 aromatic carbocycles. The van der Waals surface area contributed by atoms with E-state index in [0.29, 0.717) is 36.5 Å². The Hall–Kier alpha value is -1.45. The van der Waals surface area contributed by atoms with Gasteiger partial charge in [-0.05, 0) is 80.6 Å². The molecule has 0 aromatic rings. The van der Waals surface area contributed by atoms with Crippen molar-refractivity contribution in [1.29, 1.82) is 0 Å². The number of rotatable bonds is 2. The second kappa shape index (κ2) is 6.27. The van der Waals surface area contributed by atoms with Gasteiger partial charge in [0.15, 0.2) is 17.2 Å². The van der Waals surface area contributed by atoms with Crippen LogP contribution in [0, 0.1) is 34.5 Å². The number of ketones is 2. The molecule has 0 N–H and O–H groups in total. The first kappa shape index (κ1) is 19.8. The van der Waals surface area contributed by atoms with Crippen LogP contribution < -0.4 is 0 Å². The zero-order valence-corrected chi connectivity index (χ0v) is 18.0. The first-order valence-corrected chi connectivity index (χ1v) is 11.0. The summed E-state index contributed by atoms with van der Waals surface area (Å²) in [6.07, 6.45) is 8.19. The van der Waals surface area contributed by atoms with Crippen molar-refractivity contribution in [2.24, 2.45) is 34.5 Å². The summed E-state index contributed by atoms with van der Waals surface area (Å²) < 4.78 is 5.84. The summed E-state index contributed by atoms with van der Waals surface area (Å²) in [6, 6.07) is 0. The van der Waals surface area contributed by atoms with Gasteiger partial charge in [-0.25, -0.2) is 0 Å². The van der Waals surface area contributed by atoms with E-state index in [0.717, 1.165) is 32.1 Å². The van der Waals surface area contributed by atoms with Crippen molar-refractivity contribution < 1.29 is 19.1 Å². The van der Waals surface area contributed by atoms with Gasteiger partial charge in [0.25, 0.3) is 0 Å². The Morgan fingerprint density at radius 1 is 1.07 bits per heavy atom. The predicted octanol–water partition coefficient (Wildman–Crippen LogP) is 4.66. The second-order valence-corrected chi connectivity index (χ2v) is 10.5. The maximum absolute atomic E-state index is 12.8. The summed E-state index contributed by atoms with van der Waals surface area (Å²) in [5.74, 6) is 1.82. The fraction of sp³-hybridized carbons (Fsp3) is 0.792. The second-order valence-electron chi connectivity index (χ2n) is 10.5. The smallest absolute Gasteiger partial charge is 0.303 e. The topological polar surface area (TPSA) is 60.4 Å². The van der Waals surface area contributed by atoms with Crippen LogP contribution in [0.2, 0.25) is 0 Å². The first-order valence-electron chi connectivity index (χ1n) is 11.0. The van der Waals surface area contributed by atoms with E-state index in [1.165, 1.54) is 12.5 Å². The van der Waals surface area contributed by atoms with Crippen LogP contribution >= 0.6 is 0 Å². The molecule has 0 aromatic heterocycles. The third-order valence-electron chi connectivity index (χ3n) is 9.29. The average Bonchev–Trinajstić information content (AvgIpc) is 2.90. The lowest BCUT2D eigenvalue weighted by atomic mass is 9.44. The highest BCUT2D eigenvalue weighted by Gasteiger charge is 2.68. The number of Topliss-reactive ketones (excluding diaryl/α,β-unsaturated/α-hetero) is 1. The Labute approximate surface area is 168 Å². The van der Waals surface area contributed by atoms with Crippen LogP contribution in [0.25, 0.3) is 0 Å². The third kappa shape index (κ3) is 2.45. The Kier molecular flexibility index (Phi) is 4.45. The van der Waals surface area contributed by atoms with Gasteiger partial charge in [-0.15, -0.1) is 0 Å². The number of ether oxygens (including phenoxy) is 1.